The third-order valence-corrected chi connectivity index (χ3v) is 4.16. The van der Waals surface area contributed by atoms with Crippen LogP contribution in [0.25, 0.3) is 0 Å². The first-order valence-corrected chi connectivity index (χ1v) is 6.91. The van der Waals surface area contributed by atoms with E-state index in [1.54, 1.807) is 4.90 Å². The number of likely N-dealkylation sites (N-methyl/N-ethyl adjacent to an activating group) is 2. The number of hydrogen-bond donors (Lipinski definition) is 1. The van der Waals surface area contributed by atoms with Gasteiger partial charge < -0.3 is 10.6 Å². The maximum absolute atomic E-state index is 11.7. The Labute approximate surface area is 97.4 Å². The van der Waals surface area contributed by atoms with Crippen LogP contribution in [0.4, 0.5) is 0 Å². The van der Waals surface area contributed by atoms with Crippen LogP contribution in [0.5, 0.6) is 0 Å². The topological polar surface area (TPSA) is 83.7 Å². The lowest BCUT2D eigenvalue weighted by Gasteiger charge is -2.22. The monoisotopic (exact) mass is 251 g/mol. The zero-order valence-electron chi connectivity index (χ0n) is 10.1. The number of amides is 1. The summed E-state index contributed by atoms with van der Waals surface area (Å²) in [6.07, 6.45) is 0. The molecule has 0 rings (SSSR count). The number of carbonyl (C=O) groups is 1. The molecule has 0 atom stereocenters. The number of nitrogens with two attached hydrogens (primary N) is 1. The second kappa shape index (κ2) is 6.82. The molecule has 96 valence electrons. The molecule has 0 aliphatic heterocycles. The SMILES string of the molecule is CCN(CC)C(=O)CN(C)S(=O)(=O)CCN. The van der Waals surface area contributed by atoms with Crippen LogP contribution in [0.3, 0.4) is 0 Å². The molecule has 0 spiro atoms. The molecule has 0 aliphatic carbocycles. The van der Waals surface area contributed by atoms with Crippen molar-refractivity contribution >= 4 is 15.9 Å². The van der Waals surface area contributed by atoms with E-state index in [-0.39, 0.29) is 24.7 Å². The van der Waals surface area contributed by atoms with Crippen LogP contribution in [0.1, 0.15) is 13.8 Å². The molecule has 16 heavy (non-hydrogen) atoms. The number of rotatable bonds is 7. The van der Waals surface area contributed by atoms with E-state index in [1.807, 2.05) is 13.8 Å². The van der Waals surface area contributed by atoms with Crippen molar-refractivity contribution in [3.05, 3.63) is 0 Å². The third kappa shape index (κ3) is 4.46. The van der Waals surface area contributed by atoms with Crippen molar-refractivity contribution in [2.75, 3.05) is 39.0 Å². The van der Waals surface area contributed by atoms with E-state index < -0.39 is 10.0 Å². The standard InChI is InChI=1S/C9H21N3O3S/c1-4-12(5-2)9(13)8-11(3)16(14,15)7-6-10/h4-8,10H2,1-3H3. The Morgan fingerprint density at radius 2 is 1.75 bits per heavy atom. The molecule has 7 heteroatoms. The molecule has 0 unspecified atom stereocenters. The van der Waals surface area contributed by atoms with Crippen LogP contribution in [-0.4, -0.2) is 62.5 Å². The second-order valence-electron chi connectivity index (χ2n) is 3.43. The van der Waals surface area contributed by atoms with Gasteiger partial charge in [0, 0.05) is 26.7 Å². The fourth-order valence-corrected chi connectivity index (χ4v) is 2.19. The molecule has 0 saturated carbocycles. The van der Waals surface area contributed by atoms with Gasteiger partial charge in [-0.1, -0.05) is 0 Å². The van der Waals surface area contributed by atoms with Gasteiger partial charge in [0.15, 0.2) is 0 Å². The zero-order valence-corrected chi connectivity index (χ0v) is 11.0. The van der Waals surface area contributed by atoms with Crippen molar-refractivity contribution in [3.8, 4) is 0 Å². The quantitative estimate of drug-likeness (QED) is 0.634. The van der Waals surface area contributed by atoms with Crippen molar-refractivity contribution < 1.29 is 13.2 Å². The van der Waals surface area contributed by atoms with Crippen molar-refractivity contribution in [1.29, 1.82) is 0 Å². The molecular formula is C9H21N3O3S. The predicted molar refractivity (Wildman–Crippen MR) is 63.4 cm³/mol. The lowest BCUT2D eigenvalue weighted by atomic mass is 10.4. The first-order valence-electron chi connectivity index (χ1n) is 5.30. The normalized spacial score (nSPS) is 11.8. The molecule has 0 radical (unpaired) electrons. The van der Waals surface area contributed by atoms with E-state index in [4.69, 9.17) is 5.73 Å². The van der Waals surface area contributed by atoms with Gasteiger partial charge in [-0.25, -0.2) is 8.42 Å². The molecule has 0 saturated heterocycles. The number of nitrogens with zero attached hydrogens (tertiary/aromatic N) is 2. The fourth-order valence-electron chi connectivity index (χ4n) is 1.27. The summed E-state index contributed by atoms with van der Waals surface area (Å²) in [6, 6.07) is 0. The summed E-state index contributed by atoms with van der Waals surface area (Å²) < 4.78 is 24.1. The Bertz CT molecular complexity index is 312. The molecule has 0 fully saturated rings. The van der Waals surface area contributed by atoms with E-state index >= 15 is 0 Å². The lowest BCUT2D eigenvalue weighted by molar-refractivity contribution is -0.130. The van der Waals surface area contributed by atoms with Gasteiger partial charge in [-0.15, -0.1) is 0 Å². The Morgan fingerprint density at radius 3 is 2.12 bits per heavy atom. The first-order chi connectivity index (χ1) is 7.38. The molecule has 2 N–H and O–H groups in total. The van der Waals surface area contributed by atoms with Gasteiger partial charge >= 0.3 is 0 Å². The molecule has 0 aromatic heterocycles. The Hall–Kier alpha value is -0.660. The zero-order chi connectivity index (χ0) is 12.8. The van der Waals surface area contributed by atoms with Crippen molar-refractivity contribution in [3.63, 3.8) is 0 Å². The highest BCUT2D eigenvalue weighted by Gasteiger charge is 2.21. The van der Waals surface area contributed by atoms with E-state index in [2.05, 4.69) is 0 Å². The van der Waals surface area contributed by atoms with E-state index in [0.29, 0.717) is 13.1 Å². The molecule has 0 aromatic carbocycles. The number of hydrogen-bond acceptors (Lipinski definition) is 4. The highest BCUT2D eigenvalue weighted by atomic mass is 32.2. The summed E-state index contributed by atoms with van der Waals surface area (Å²) in [6.45, 7) is 4.82. The molecule has 0 heterocycles. The smallest absolute Gasteiger partial charge is 0.237 e. The average Bonchev–Trinajstić information content (AvgIpc) is 2.19. The highest BCUT2D eigenvalue weighted by molar-refractivity contribution is 7.89. The maximum atomic E-state index is 11.7. The van der Waals surface area contributed by atoms with Crippen molar-refractivity contribution in [1.82, 2.24) is 9.21 Å². The van der Waals surface area contributed by atoms with Crippen molar-refractivity contribution in [2.45, 2.75) is 13.8 Å². The fraction of sp³-hybridized carbons (Fsp3) is 0.889. The molecule has 6 nitrogen and oxygen atoms in total. The largest absolute Gasteiger partial charge is 0.342 e. The summed E-state index contributed by atoms with van der Waals surface area (Å²) in [5, 5.41) is 0. The molecule has 0 bridgehead atoms. The van der Waals surface area contributed by atoms with Gasteiger partial charge in [-0.2, -0.15) is 4.31 Å². The highest BCUT2D eigenvalue weighted by Crippen LogP contribution is 1.99. The number of carbonyl (C=O) groups excluding carboxylic acids is 1. The minimum atomic E-state index is -3.39. The van der Waals surface area contributed by atoms with Gasteiger partial charge in [0.05, 0.1) is 12.3 Å². The van der Waals surface area contributed by atoms with Crippen LogP contribution < -0.4 is 5.73 Å². The van der Waals surface area contributed by atoms with E-state index in [9.17, 15) is 13.2 Å². The van der Waals surface area contributed by atoms with Crippen LogP contribution in [-0.2, 0) is 14.8 Å². The first kappa shape index (κ1) is 15.3. The summed E-state index contributed by atoms with van der Waals surface area (Å²) in [4.78, 5) is 13.2. The van der Waals surface area contributed by atoms with Gasteiger partial charge in [-0.05, 0) is 13.8 Å². The van der Waals surface area contributed by atoms with Gasteiger partial charge in [0.25, 0.3) is 0 Å². The van der Waals surface area contributed by atoms with Crippen LogP contribution in [0.15, 0.2) is 0 Å². The van der Waals surface area contributed by atoms with Gasteiger partial charge in [0.1, 0.15) is 0 Å². The molecule has 0 aromatic rings. The second-order valence-corrected chi connectivity index (χ2v) is 5.62. The Kier molecular flexibility index (Phi) is 6.54. The van der Waals surface area contributed by atoms with Crippen LogP contribution >= 0.6 is 0 Å². The predicted octanol–water partition coefficient (Wildman–Crippen LogP) is -0.925. The van der Waals surface area contributed by atoms with E-state index in [0.717, 1.165) is 4.31 Å². The Morgan fingerprint density at radius 1 is 1.25 bits per heavy atom. The third-order valence-electron chi connectivity index (χ3n) is 2.32. The maximum Gasteiger partial charge on any atom is 0.237 e. The van der Waals surface area contributed by atoms with Gasteiger partial charge in [-0.3, -0.25) is 4.79 Å². The van der Waals surface area contributed by atoms with E-state index in [1.165, 1.54) is 7.05 Å². The number of sulfonamides is 1. The van der Waals surface area contributed by atoms with Gasteiger partial charge in [0.2, 0.25) is 15.9 Å². The molecule has 0 aliphatic rings. The summed E-state index contributed by atoms with van der Waals surface area (Å²) in [5.74, 6) is -0.317. The summed E-state index contributed by atoms with van der Waals surface area (Å²) in [7, 11) is -2.00. The van der Waals surface area contributed by atoms with Crippen molar-refractivity contribution in [2.24, 2.45) is 5.73 Å². The van der Waals surface area contributed by atoms with Crippen LogP contribution in [0, 0.1) is 0 Å². The van der Waals surface area contributed by atoms with Crippen LogP contribution in [0.2, 0.25) is 0 Å². The Balaban J connectivity index is 4.45. The summed E-state index contributed by atoms with van der Waals surface area (Å²) in [5.41, 5.74) is 5.19. The average molecular weight is 251 g/mol. The minimum absolute atomic E-state index is 0.0616. The molecular weight excluding hydrogens is 230 g/mol. The minimum Gasteiger partial charge on any atom is -0.342 e. The molecule has 1 amide bonds. The lowest BCUT2D eigenvalue weighted by Crippen LogP contribution is -2.42. The summed E-state index contributed by atoms with van der Waals surface area (Å²) >= 11 is 0.